The van der Waals surface area contributed by atoms with Crippen LogP contribution in [-0.2, 0) is 34.7 Å². The molecular weight excluding hydrogens is 687 g/mol. The van der Waals surface area contributed by atoms with E-state index in [0.717, 1.165) is 16.0 Å². The number of hydrogen-bond acceptors (Lipinski definition) is 8. The summed E-state index contributed by atoms with van der Waals surface area (Å²) >= 11 is 1.24. The van der Waals surface area contributed by atoms with Gasteiger partial charge >= 0.3 is 12.1 Å². The first-order valence-electron chi connectivity index (χ1n) is 16.3. The smallest absolute Gasteiger partial charge is 0.408 e. The highest BCUT2D eigenvalue weighted by Crippen LogP contribution is 2.42. The van der Waals surface area contributed by atoms with Gasteiger partial charge in [0.15, 0.2) is 6.10 Å². The number of carbonyl (C=O) groups is 4. The van der Waals surface area contributed by atoms with Crippen LogP contribution < -0.4 is 10.6 Å². The Hall–Kier alpha value is -5.20. The van der Waals surface area contributed by atoms with Gasteiger partial charge in [-0.1, -0.05) is 121 Å². The summed E-state index contributed by atoms with van der Waals surface area (Å²) in [5.41, 5.74) is 1.07. The van der Waals surface area contributed by atoms with Gasteiger partial charge in [0.25, 0.3) is 5.91 Å². The second-order valence-corrected chi connectivity index (χ2v) is 15.6. The minimum absolute atomic E-state index is 0.0210. The molecule has 1 saturated heterocycles. The molecule has 12 heteroatoms. The molecule has 262 valence electrons. The lowest BCUT2D eigenvalue weighted by molar-refractivity contribution is -0.155. The molecule has 4 atom stereocenters. The zero-order chi connectivity index (χ0) is 36.1. The van der Waals surface area contributed by atoms with Crippen LogP contribution in [0.4, 0.5) is 4.79 Å². The quantitative estimate of drug-likeness (QED) is 0.151. The molecule has 51 heavy (non-hydrogen) atoms. The summed E-state index contributed by atoms with van der Waals surface area (Å²) in [6.45, 7) is 5.10. The van der Waals surface area contributed by atoms with E-state index < -0.39 is 63.8 Å². The lowest BCUT2D eigenvalue weighted by atomic mass is 10.0. The molecule has 2 unspecified atom stereocenters. The maximum absolute atomic E-state index is 14.3. The minimum atomic E-state index is -1.71. The number of benzene rings is 4. The number of rotatable bonds is 10. The monoisotopic (exact) mass is 723 g/mol. The maximum Gasteiger partial charge on any atom is 0.408 e. The highest BCUT2D eigenvalue weighted by atomic mass is 32.2. The van der Waals surface area contributed by atoms with Gasteiger partial charge in [0.1, 0.15) is 28.8 Å². The molecule has 0 aliphatic carbocycles. The second-order valence-electron chi connectivity index (χ2n) is 12.9. The molecule has 0 radical (unpaired) electrons. The van der Waals surface area contributed by atoms with Gasteiger partial charge in [-0.25, -0.2) is 9.59 Å². The number of nitrogens with one attached hydrogen (secondary N) is 2. The molecule has 4 aromatic rings. The Labute approximate surface area is 303 Å². The van der Waals surface area contributed by atoms with Crippen LogP contribution in [0.25, 0.3) is 0 Å². The van der Waals surface area contributed by atoms with E-state index in [4.69, 9.17) is 9.47 Å². The van der Waals surface area contributed by atoms with Crippen LogP contribution in [0.15, 0.2) is 137 Å². The van der Waals surface area contributed by atoms with Crippen molar-refractivity contribution in [3.63, 3.8) is 0 Å². The van der Waals surface area contributed by atoms with Crippen molar-refractivity contribution in [3.8, 4) is 0 Å². The fourth-order valence-corrected chi connectivity index (χ4v) is 8.74. The standard InChI is InChI=1S/C39H37N3O7S2/c1-39(2,3)49-38(46)41-30(25-16-8-4-9-17-25)34(43)40-31-35(44)42-32(29(24-51(47)36(31)42)50-28-22-14-7-15-23-28)37(45)48-33(26-18-10-5-11-19-26)27-20-12-6-13-21-27/h4-23,30-31,33,36H,24H2,1-3H3,(H,40,43)(H,41,46)/t30?,31-,36+,51?/m1/s1. The van der Waals surface area contributed by atoms with Crippen molar-refractivity contribution < 1.29 is 32.9 Å². The molecule has 2 N–H and O–H groups in total. The molecule has 0 saturated carbocycles. The van der Waals surface area contributed by atoms with Gasteiger partial charge in [-0.3, -0.25) is 18.7 Å². The van der Waals surface area contributed by atoms with Crippen molar-refractivity contribution in [1.29, 1.82) is 0 Å². The number of carbonyl (C=O) groups excluding carboxylic acids is 4. The fraction of sp³-hybridized carbons (Fsp3) is 0.231. The zero-order valence-electron chi connectivity index (χ0n) is 28.2. The SMILES string of the molecule is CC(C)(C)OC(=O)NC(C(=O)N[C@@H]1C(=O)N2C(C(=O)OC(c3ccccc3)c3ccccc3)=C(Sc3ccccc3)CS(=O)[C@@H]12)c1ccccc1. The lowest BCUT2D eigenvalue weighted by Gasteiger charge is -2.49. The number of fused-ring (bicyclic) bond motifs is 1. The molecule has 4 aromatic carbocycles. The largest absolute Gasteiger partial charge is 0.448 e. The van der Waals surface area contributed by atoms with Crippen molar-refractivity contribution in [3.05, 3.63) is 149 Å². The number of ether oxygens (including phenoxy) is 2. The molecule has 3 amide bonds. The highest BCUT2D eigenvalue weighted by Gasteiger charge is 2.58. The van der Waals surface area contributed by atoms with Gasteiger partial charge in [0.2, 0.25) is 5.91 Å². The third-order valence-electron chi connectivity index (χ3n) is 8.05. The van der Waals surface area contributed by atoms with E-state index in [0.29, 0.717) is 10.5 Å². The van der Waals surface area contributed by atoms with E-state index in [9.17, 15) is 23.4 Å². The van der Waals surface area contributed by atoms with Crippen LogP contribution >= 0.6 is 11.8 Å². The Balaban J connectivity index is 1.31. The van der Waals surface area contributed by atoms with Gasteiger partial charge < -0.3 is 20.1 Å². The molecule has 10 nitrogen and oxygen atoms in total. The average Bonchev–Trinajstić information content (AvgIpc) is 3.12. The topological polar surface area (TPSA) is 131 Å². The summed E-state index contributed by atoms with van der Waals surface area (Å²) in [6.07, 6.45) is -1.62. The minimum Gasteiger partial charge on any atom is -0.448 e. The molecule has 2 aliphatic rings. The number of amides is 3. The molecule has 2 heterocycles. The van der Waals surface area contributed by atoms with E-state index in [1.165, 1.54) is 16.7 Å². The van der Waals surface area contributed by atoms with Gasteiger partial charge in [0.05, 0.1) is 16.6 Å². The molecular formula is C39H37N3O7S2. The molecule has 0 aromatic heterocycles. The lowest BCUT2D eigenvalue weighted by Crippen LogP contribution is -2.74. The number of esters is 1. The van der Waals surface area contributed by atoms with Gasteiger partial charge in [-0.15, -0.1) is 0 Å². The molecule has 2 aliphatic heterocycles. The number of hydrogen-bond donors (Lipinski definition) is 2. The average molecular weight is 724 g/mol. The first-order valence-corrected chi connectivity index (χ1v) is 18.5. The van der Waals surface area contributed by atoms with Crippen LogP contribution in [-0.4, -0.2) is 55.8 Å². The van der Waals surface area contributed by atoms with E-state index in [1.54, 1.807) is 51.1 Å². The van der Waals surface area contributed by atoms with Crippen molar-refractivity contribution in [1.82, 2.24) is 15.5 Å². The Bertz CT molecular complexity index is 1910. The fourth-order valence-electron chi connectivity index (χ4n) is 5.80. The molecule has 0 spiro atoms. The number of β-lactam (4-membered cyclic amide) rings is 1. The predicted octanol–water partition coefficient (Wildman–Crippen LogP) is 6.00. The molecule has 1 fully saturated rings. The molecule has 6 rings (SSSR count). The number of nitrogens with zero attached hydrogens (tertiary/aromatic N) is 1. The first kappa shape index (κ1) is 35.6. The van der Waals surface area contributed by atoms with Crippen molar-refractivity contribution in [2.24, 2.45) is 0 Å². The summed E-state index contributed by atoms with van der Waals surface area (Å²) in [6, 6.07) is 33.9. The number of alkyl carbamates (subject to hydrolysis) is 1. The summed E-state index contributed by atoms with van der Waals surface area (Å²) in [7, 11) is -1.71. The predicted molar refractivity (Wildman–Crippen MR) is 194 cm³/mol. The molecule has 0 bridgehead atoms. The van der Waals surface area contributed by atoms with Crippen molar-refractivity contribution in [2.45, 2.75) is 54.8 Å². The Morgan fingerprint density at radius 2 is 1.31 bits per heavy atom. The van der Waals surface area contributed by atoms with E-state index in [-0.39, 0.29) is 11.4 Å². The van der Waals surface area contributed by atoms with E-state index in [1.807, 2.05) is 91.0 Å². The third kappa shape index (κ3) is 8.24. The van der Waals surface area contributed by atoms with Crippen LogP contribution in [0.2, 0.25) is 0 Å². The van der Waals surface area contributed by atoms with Crippen LogP contribution in [0.3, 0.4) is 0 Å². The van der Waals surface area contributed by atoms with Crippen molar-refractivity contribution in [2.75, 3.05) is 5.75 Å². The Morgan fingerprint density at radius 1 is 0.804 bits per heavy atom. The first-order chi connectivity index (χ1) is 24.5. The van der Waals surface area contributed by atoms with Crippen molar-refractivity contribution >= 4 is 46.4 Å². The highest BCUT2D eigenvalue weighted by molar-refractivity contribution is 8.04. The summed E-state index contributed by atoms with van der Waals surface area (Å²) < 4.78 is 25.5. The van der Waals surface area contributed by atoms with E-state index >= 15 is 0 Å². The van der Waals surface area contributed by atoms with Crippen LogP contribution in [0, 0.1) is 0 Å². The summed E-state index contributed by atoms with van der Waals surface area (Å²) in [5.74, 6) is -2.14. The summed E-state index contributed by atoms with van der Waals surface area (Å²) in [4.78, 5) is 57.3. The summed E-state index contributed by atoms with van der Waals surface area (Å²) in [5, 5.41) is 4.25. The second kappa shape index (κ2) is 15.4. The zero-order valence-corrected chi connectivity index (χ0v) is 29.8. The maximum atomic E-state index is 14.3. The van der Waals surface area contributed by atoms with Gasteiger partial charge in [-0.2, -0.15) is 0 Å². The van der Waals surface area contributed by atoms with E-state index in [2.05, 4.69) is 10.6 Å². The van der Waals surface area contributed by atoms with Gasteiger partial charge in [0, 0.05) is 9.80 Å². The van der Waals surface area contributed by atoms with Crippen LogP contribution in [0.5, 0.6) is 0 Å². The Kier molecular flexibility index (Phi) is 10.7. The van der Waals surface area contributed by atoms with Crippen LogP contribution in [0.1, 0.15) is 49.6 Å². The Morgan fingerprint density at radius 3 is 1.84 bits per heavy atom. The van der Waals surface area contributed by atoms with Gasteiger partial charge in [-0.05, 0) is 49.6 Å². The number of thioether (sulfide) groups is 1. The third-order valence-corrected chi connectivity index (χ3v) is 10.9. The normalized spacial score (nSPS) is 19.0.